The van der Waals surface area contributed by atoms with E-state index >= 15 is 0 Å². The molecule has 31 heavy (non-hydrogen) atoms. The number of nitrogens with zero attached hydrogens (tertiary/aromatic N) is 2. The smallest absolute Gasteiger partial charge is 0.336 e. The first-order chi connectivity index (χ1) is 14.9. The van der Waals surface area contributed by atoms with Crippen LogP contribution in [0.1, 0.15) is 10.4 Å². The summed E-state index contributed by atoms with van der Waals surface area (Å²) in [6.45, 7) is 0. The number of hydrogen-bond acceptors (Lipinski definition) is 5. The predicted molar refractivity (Wildman–Crippen MR) is 112 cm³/mol. The van der Waals surface area contributed by atoms with Crippen molar-refractivity contribution in [2.75, 3.05) is 0 Å². The topological polar surface area (TPSA) is 93.3 Å². The molecule has 0 unspecified atom stereocenters. The third-order valence-electron chi connectivity index (χ3n) is 4.61. The largest absolute Gasteiger partial charge is 0.478 e. The quantitative estimate of drug-likeness (QED) is 0.303. The summed E-state index contributed by atoms with van der Waals surface area (Å²) in [5.41, 5.74) is 0.220. The predicted octanol–water partition coefficient (Wildman–Crippen LogP) is 6.03. The van der Waals surface area contributed by atoms with E-state index in [4.69, 9.17) is 0 Å². The second-order valence-corrected chi connectivity index (χ2v) is 7.33. The lowest BCUT2D eigenvalue weighted by atomic mass is 9.96. The van der Waals surface area contributed by atoms with E-state index in [0.717, 1.165) is 23.5 Å². The number of halogens is 2. The number of aromatic nitrogens is 1. The number of nitro benzene ring substituents is 1. The first kappa shape index (κ1) is 20.3. The Kier molecular flexibility index (Phi) is 5.26. The number of carboxylic acids is 1. The Hall–Kier alpha value is -3.98. The van der Waals surface area contributed by atoms with Crippen LogP contribution in [-0.4, -0.2) is 21.0 Å². The van der Waals surface area contributed by atoms with Crippen molar-refractivity contribution in [3.63, 3.8) is 0 Å². The van der Waals surface area contributed by atoms with E-state index in [9.17, 15) is 28.8 Å². The summed E-state index contributed by atoms with van der Waals surface area (Å²) in [6, 6.07) is 13.7. The van der Waals surface area contributed by atoms with Gasteiger partial charge in [0.05, 0.1) is 27.3 Å². The number of benzene rings is 3. The fourth-order valence-electron chi connectivity index (χ4n) is 3.21. The number of nitro groups is 1. The van der Waals surface area contributed by atoms with Crippen molar-refractivity contribution in [3.05, 3.63) is 93.4 Å². The van der Waals surface area contributed by atoms with Gasteiger partial charge in [0.25, 0.3) is 5.69 Å². The molecule has 0 amide bonds. The Morgan fingerprint density at radius 1 is 1.00 bits per heavy atom. The van der Waals surface area contributed by atoms with Crippen LogP contribution in [-0.2, 0) is 0 Å². The summed E-state index contributed by atoms with van der Waals surface area (Å²) in [7, 11) is 0. The van der Waals surface area contributed by atoms with Gasteiger partial charge in [-0.15, -0.1) is 11.3 Å². The highest BCUT2D eigenvalue weighted by molar-refractivity contribution is 7.13. The molecule has 0 saturated heterocycles. The molecule has 0 fully saturated rings. The molecule has 0 aliphatic rings. The van der Waals surface area contributed by atoms with Crippen molar-refractivity contribution < 1.29 is 23.6 Å². The minimum Gasteiger partial charge on any atom is -0.478 e. The average molecular weight is 438 g/mol. The number of rotatable bonds is 5. The van der Waals surface area contributed by atoms with E-state index in [1.807, 2.05) is 0 Å². The number of aromatic carboxylic acids is 1. The molecule has 0 bridgehead atoms. The zero-order chi connectivity index (χ0) is 22.1. The normalized spacial score (nSPS) is 10.8. The van der Waals surface area contributed by atoms with Crippen molar-refractivity contribution in [3.8, 4) is 33.0 Å². The second kappa shape index (κ2) is 8.04. The van der Waals surface area contributed by atoms with Crippen LogP contribution >= 0.6 is 11.3 Å². The Morgan fingerprint density at radius 3 is 2.39 bits per heavy atom. The highest BCUT2D eigenvalue weighted by atomic mass is 32.1. The van der Waals surface area contributed by atoms with Crippen LogP contribution in [0, 0.1) is 21.7 Å². The van der Waals surface area contributed by atoms with Gasteiger partial charge in [0, 0.05) is 22.6 Å². The van der Waals surface area contributed by atoms with Gasteiger partial charge in [-0.1, -0.05) is 30.3 Å². The Bertz CT molecular complexity index is 1320. The van der Waals surface area contributed by atoms with Gasteiger partial charge in [0.15, 0.2) is 0 Å². The summed E-state index contributed by atoms with van der Waals surface area (Å²) in [4.78, 5) is 26.9. The molecular formula is C22H12F2N2O4S. The molecular weight excluding hydrogens is 426 g/mol. The summed E-state index contributed by atoms with van der Waals surface area (Å²) in [5.74, 6) is -2.78. The van der Waals surface area contributed by atoms with Crippen LogP contribution < -0.4 is 0 Å². The zero-order valence-electron chi connectivity index (χ0n) is 15.6. The lowest BCUT2D eigenvalue weighted by molar-refractivity contribution is -0.384. The van der Waals surface area contributed by atoms with Gasteiger partial charge in [0.1, 0.15) is 16.6 Å². The lowest BCUT2D eigenvalue weighted by Crippen LogP contribution is -2.02. The van der Waals surface area contributed by atoms with Crippen LogP contribution in [0.25, 0.3) is 33.0 Å². The van der Waals surface area contributed by atoms with Crippen molar-refractivity contribution >= 4 is 23.0 Å². The number of para-hydroxylation sites is 1. The summed E-state index contributed by atoms with van der Waals surface area (Å²) >= 11 is 1.10. The molecule has 1 heterocycles. The van der Waals surface area contributed by atoms with Gasteiger partial charge >= 0.3 is 5.97 Å². The molecule has 6 nitrogen and oxygen atoms in total. The van der Waals surface area contributed by atoms with Crippen molar-refractivity contribution in [1.82, 2.24) is 4.98 Å². The average Bonchev–Trinajstić information content (AvgIpc) is 3.23. The van der Waals surface area contributed by atoms with E-state index in [0.29, 0.717) is 10.6 Å². The van der Waals surface area contributed by atoms with Gasteiger partial charge in [-0.05, 0) is 24.3 Å². The van der Waals surface area contributed by atoms with Crippen molar-refractivity contribution in [2.24, 2.45) is 0 Å². The molecule has 0 saturated carbocycles. The number of thiazole rings is 1. The second-order valence-electron chi connectivity index (χ2n) is 6.47. The van der Waals surface area contributed by atoms with E-state index in [1.54, 1.807) is 12.1 Å². The van der Waals surface area contributed by atoms with Crippen LogP contribution in [0.5, 0.6) is 0 Å². The van der Waals surface area contributed by atoms with E-state index in [-0.39, 0.29) is 33.6 Å². The van der Waals surface area contributed by atoms with E-state index in [2.05, 4.69) is 4.98 Å². The van der Waals surface area contributed by atoms with Gasteiger partial charge in [-0.3, -0.25) is 10.1 Å². The van der Waals surface area contributed by atoms with E-state index in [1.165, 1.54) is 41.8 Å². The molecule has 154 valence electrons. The summed E-state index contributed by atoms with van der Waals surface area (Å²) in [6.07, 6.45) is 0. The number of hydrogen-bond donors (Lipinski definition) is 1. The fourth-order valence-corrected chi connectivity index (χ4v) is 4.02. The third-order valence-corrected chi connectivity index (χ3v) is 5.50. The van der Waals surface area contributed by atoms with Crippen LogP contribution in [0.4, 0.5) is 14.5 Å². The molecule has 0 radical (unpaired) electrons. The molecule has 0 aliphatic heterocycles. The summed E-state index contributed by atoms with van der Waals surface area (Å²) in [5, 5.41) is 22.9. The van der Waals surface area contributed by atoms with Crippen LogP contribution in [0.15, 0.2) is 66.0 Å². The Morgan fingerprint density at radius 2 is 1.71 bits per heavy atom. The molecule has 0 aliphatic carbocycles. The maximum atomic E-state index is 14.1. The van der Waals surface area contributed by atoms with Gasteiger partial charge < -0.3 is 5.11 Å². The minimum atomic E-state index is -1.27. The van der Waals surface area contributed by atoms with Crippen LogP contribution in [0.2, 0.25) is 0 Å². The SMILES string of the molecule is O=C(O)c1cc(-c2nc(-c3c(F)cccc3F)cs2)ccc1-c1ccccc1[N+](=O)[O-]. The summed E-state index contributed by atoms with van der Waals surface area (Å²) < 4.78 is 28.1. The maximum absolute atomic E-state index is 14.1. The first-order valence-corrected chi connectivity index (χ1v) is 9.76. The molecule has 4 aromatic rings. The highest BCUT2D eigenvalue weighted by Gasteiger charge is 2.21. The molecule has 0 spiro atoms. The molecule has 1 aromatic heterocycles. The van der Waals surface area contributed by atoms with Crippen molar-refractivity contribution in [1.29, 1.82) is 0 Å². The van der Waals surface area contributed by atoms with Gasteiger partial charge in [-0.25, -0.2) is 18.6 Å². The van der Waals surface area contributed by atoms with Gasteiger partial charge in [-0.2, -0.15) is 0 Å². The monoisotopic (exact) mass is 438 g/mol. The lowest BCUT2D eigenvalue weighted by Gasteiger charge is -2.09. The number of carbonyl (C=O) groups is 1. The molecule has 4 rings (SSSR count). The highest BCUT2D eigenvalue weighted by Crippen LogP contribution is 2.36. The Labute approximate surface area is 178 Å². The minimum absolute atomic E-state index is 0.0928. The standard InChI is InChI=1S/C22H12F2N2O4S/c23-16-5-3-6-17(24)20(16)18-11-31-21(25-18)12-8-9-13(15(10-12)22(27)28)14-4-1-2-7-19(14)26(29)30/h1-11H,(H,27,28). The van der Waals surface area contributed by atoms with E-state index < -0.39 is 22.5 Å². The van der Waals surface area contributed by atoms with Gasteiger partial charge in [0.2, 0.25) is 0 Å². The number of carboxylic acid groups (broad SMARTS) is 1. The zero-order valence-corrected chi connectivity index (χ0v) is 16.4. The van der Waals surface area contributed by atoms with Crippen LogP contribution in [0.3, 0.4) is 0 Å². The fraction of sp³-hybridized carbons (Fsp3) is 0. The first-order valence-electron chi connectivity index (χ1n) is 8.88. The molecule has 9 heteroatoms. The molecule has 3 aromatic carbocycles. The molecule has 0 atom stereocenters. The third kappa shape index (κ3) is 3.78. The molecule has 1 N–H and O–H groups in total. The maximum Gasteiger partial charge on any atom is 0.336 e. The van der Waals surface area contributed by atoms with Crippen molar-refractivity contribution in [2.45, 2.75) is 0 Å². The Balaban J connectivity index is 1.81.